The molecule has 0 saturated heterocycles. The van der Waals surface area contributed by atoms with Gasteiger partial charge in [-0.15, -0.1) is 0 Å². The lowest BCUT2D eigenvalue weighted by Crippen LogP contribution is -2.22. The fourth-order valence-electron chi connectivity index (χ4n) is 0.358. The molecule has 3 heteroatoms. The normalized spacial score (nSPS) is 16.1. The number of rotatable bonds is 2. The molecule has 8 heavy (non-hydrogen) atoms. The quantitative estimate of drug-likeness (QED) is 0.406. The number of hydrogen-bond donors (Lipinski definition) is 0. The summed E-state index contributed by atoms with van der Waals surface area (Å²) in [5, 5.41) is 0. The Bertz CT molecular complexity index is 67.3. The van der Waals surface area contributed by atoms with Crippen LogP contribution in [0.1, 0.15) is 20.3 Å². The number of hydrogen-bond acceptors (Lipinski definition) is 0. The lowest BCUT2D eigenvalue weighted by atomic mass is 10.4. The summed E-state index contributed by atoms with van der Waals surface area (Å²) in [6.07, 6.45) is 0.607. The Hall–Kier alpha value is 0.0769. The van der Waals surface area contributed by atoms with Crippen molar-refractivity contribution in [3.8, 4) is 0 Å². The largest absolute Gasteiger partial charge is 0.424 e. The van der Waals surface area contributed by atoms with Gasteiger partial charge >= 0.3 is 8.74 Å². The second-order valence-corrected chi connectivity index (χ2v) is 5.16. The van der Waals surface area contributed by atoms with E-state index in [9.17, 15) is 8.22 Å². The molecule has 50 valence electrons. The van der Waals surface area contributed by atoms with Crippen molar-refractivity contribution in [2.24, 2.45) is 0 Å². The fourth-order valence-corrected chi connectivity index (χ4v) is 1.08. The van der Waals surface area contributed by atoms with E-state index >= 15 is 0 Å². The van der Waals surface area contributed by atoms with Gasteiger partial charge < -0.3 is 0 Å². The van der Waals surface area contributed by atoms with E-state index in [1.54, 1.807) is 13.8 Å². The molecule has 0 aliphatic rings. The molecule has 0 aliphatic carbocycles. The first kappa shape index (κ1) is 8.08. The molecule has 0 bridgehead atoms. The van der Waals surface area contributed by atoms with E-state index in [4.69, 9.17) is 0 Å². The molecule has 0 aromatic rings. The summed E-state index contributed by atoms with van der Waals surface area (Å²) in [7, 11) is -3.76. The van der Waals surface area contributed by atoms with Gasteiger partial charge in [-0.25, -0.2) is 0 Å². The molecule has 0 aromatic heterocycles. The Morgan fingerprint density at radius 2 is 1.88 bits per heavy atom. The van der Waals surface area contributed by atoms with E-state index in [-0.39, 0.29) is 5.54 Å². The van der Waals surface area contributed by atoms with Crippen LogP contribution in [0.5, 0.6) is 0 Å². The van der Waals surface area contributed by atoms with Crippen LogP contribution < -0.4 is 0 Å². The third-order valence-electron chi connectivity index (χ3n) is 1.48. The Labute approximate surface area is 50.3 Å². The molecule has 0 saturated carbocycles. The Morgan fingerprint density at radius 3 is 1.88 bits per heavy atom. The lowest BCUT2D eigenvalue weighted by Gasteiger charge is -2.12. The molecule has 0 nitrogen and oxygen atoms in total. The van der Waals surface area contributed by atoms with E-state index in [1.165, 1.54) is 0 Å². The monoisotopic (exact) mass is 138 g/mol. The van der Waals surface area contributed by atoms with Crippen LogP contribution in [-0.2, 0) is 0 Å². The van der Waals surface area contributed by atoms with E-state index in [1.807, 2.05) is 0 Å². The number of halogens is 2. The van der Waals surface area contributed by atoms with Crippen molar-refractivity contribution in [1.29, 1.82) is 0 Å². The van der Waals surface area contributed by atoms with Crippen molar-refractivity contribution in [2.45, 2.75) is 32.4 Å². The predicted molar refractivity (Wildman–Crippen MR) is 33.5 cm³/mol. The smallest absolute Gasteiger partial charge is 0.270 e. The SMILES string of the molecule is CCC(C)[Si](C)(F)F. The Kier molecular flexibility index (Phi) is 2.60. The van der Waals surface area contributed by atoms with Gasteiger partial charge in [-0.1, -0.05) is 20.3 Å². The van der Waals surface area contributed by atoms with Crippen molar-refractivity contribution in [3.63, 3.8) is 0 Å². The zero-order valence-corrected chi connectivity index (χ0v) is 6.54. The van der Waals surface area contributed by atoms with Crippen molar-refractivity contribution in [1.82, 2.24) is 0 Å². The van der Waals surface area contributed by atoms with Crippen molar-refractivity contribution in [3.05, 3.63) is 0 Å². The molecule has 1 atom stereocenters. The second kappa shape index (κ2) is 2.57. The van der Waals surface area contributed by atoms with E-state index in [0.29, 0.717) is 6.42 Å². The molecule has 0 N–H and O–H groups in total. The molecule has 0 aliphatic heterocycles. The highest BCUT2D eigenvalue weighted by molar-refractivity contribution is 6.66. The summed E-state index contributed by atoms with van der Waals surface area (Å²) in [6.45, 7) is 4.52. The van der Waals surface area contributed by atoms with Crippen LogP contribution >= 0.6 is 0 Å². The molecule has 0 radical (unpaired) electrons. The molecule has 0 heterocycles. The maximum atomic E-state index is 12.3. The van der Waals surface area contributed by atoms with E-state index in [0.717, 1.165) is 6.55 Å². The van der Waals surface area contributed by atoms with Crippen LogP contribution in [0, 0.1) is 0 Å². The average Bonchev–Trinajstić information content (AvgIpc) is 1.62. The predicted octanol–water partition coefficient (Wildman–Crippen LogP) is 2.80. The van der Waals surface area contributed by atoms with Gasteiger partial charge in [-0.05, 0) is 6.55 Å². The molecule has 0 aromatic carbocycles. The Balaban J connectivity index is 3.62. The van der Waals surface area contributed by atoms with Crippen LogP contribution in [0.15, 0.2) is 0 Å². The lowest BCUT2D eigenvalue weighted by molar-refractivity contribution is 0.560. The molecule has 1 unspecified atom stereocenters. The minimum atomic E-state index is -3.76. The third kappa shape index (κ3) is 2.40. The van der Waals surface area contributed by atoms with Crippen molar-refractivity contribution < 1.29 is 8.22 Å². The fraction of sp³-hybridized carbons (Fsp3) is 1.00. The molecule has 0 rings (SSSR count). The second-order valence-electron chi connectivity index (χ2n) is 2.27. The van der Waals surface area contributed by atoms with Gasteiger partial charge in [0.25, 0.3) is 0 Å². The highest BCUT2D eigenvalue weighted by atomic mass is 28.4. The molecule has 0 spiro atoms. The van der Waals surface area contributed by atoms with Gasteiger partial charge in [0, 0.05) is 5.54 Å². The highest BCUT2D eigenvalue weighted by Gasteiger charge is 2.34. The van der Waals surface area contributed by atoms with Crippen LogP contribution in [0.2, 0.25) is 12.1 Å². The standard InChI is InChI=1S/C5H12F2Si/c1-4-5(2)8(3,6)7/h5H,4H2,1-3H3. The van der Waals surface area contributed by atoms with Gasteiger partial charge in [0.05, 0.1) is 0 Å². The topological polar surface area (TPSA) is 0 Å². The zero-order chi connectivity index (χ0) is 6.78. The molecule has 0 amide bonds. The van der Waals surface area contributed by atoms with Crippen LogP contribution in [0.3, 0.4) is 0 Å². The summed E-state index contributed by atoms with van der Waals surface area (Å²) >= 11 is 0. The summed E-state index contributed by atoms with van der Waals surface area (Å²) in [5.74, 6) is 0. The van der Waals surface area contributed by atoms with Gasteiger partial charge in [0.1, 0.15) is 0 Å². The Morgan fingerprint density at radius 1 is 1.50 bits per heavy atom. The first-order valence-corrected chi connectivity index (χ1v) is 5.19. The average molecular weight is 138 g/mol. The van der Waals surface area contributed by atoms with E-state index in [2.05, 4.69) is 0 Å². The zero-order valence-electron chi connectivity index (χ0n) is 5.54. The summed E-state index contributed by atoms with van der Waals surface area (Å²) in [6, 6.07) is 0. The molecular formula is C5H12F2Si. The minimum Gasteiger partial charge on any atom is -0.270 e. The molecular weight excluding hydrogens is 126 g/mol. The van der Waals surface area contributed by atoms with Gasteiger partial charge in [0.2, 0.25) is 0 Å². The van der Waals surface area contributed by atoms with Crippen LogP contribution in [0.25, 0.3) is 0 Å². The van der Waals surface area contributed by atoms with Gasteiger partial charge in [0.15, 0.2) is 0 Å². The van der Waals surface area contributed by atoms with Gasteiger partial charge in [-0.3, -0.25) is 8.22 Å². The maximum Gasteiger partial charge on any atom is 0.424 e. The third-order valence-corrected chi connectivity index (χ3v) is 3.62. The summed E-state index contributed by atoms with van der Waals surface area (Å²) < 4.78 is 24.5. The maximum absolute atomic E-state index is 12.3. The van der Waals surface area contributed by atoms with E-state index < -0.39 is 8.74 Å². The van der Waals surface area contributed by atoms with Crippen LogP contribution in [0.4, 0.5) is 8.22 Å². The highest BCUT2D eigenvalue weighted by Crippen LogP contribution is 2.26. The van der Waals surface area contributed by atoms with Crippen molar-refractivity contribution >= 4 is 8.74 Å². The molecule has 0 fully saturated rings. The summed E-state index contributed by atoms with van der Waals surface area (Å²) in [4.78, 5) is 0. The summed E-state index contributed by atoms with van der Waals surface area (Å²) in [5.41, 5.74) is -0.345. The minimum absolute atomic E-state index is 0.345. The first-order chi connectivity index (χ1) is 3.48. The van der Waals surface area contributed by atoms with Crippen molar-refractivity contribution in [2.75, 3.05) is 0 Å². The van der Waals surface area contributed by atoms with Gasteiger partial charge in [-0.2, -0.15) is 0 Å². The van der Waals surface area contributed by atoms with Crippen LogP contribution in [-0.4, -0.2) is 8.74 Å². The first-order valence-electron chi connectivity index (χ1n) is 2.86.